The molecule has 6 heterocycles. The third-order valence-corrected chi connectivity index (χ3v) is 15.0. The van der Waals surface area contributed by atoms with Gasteiger partial charge < -0.3 is 34.1 Å². The topological polar surface area (TPSA) is 159 Å². The molecule has 4 amide bonds. The fraction of sp³-hybridized carbons (Fsp3) is 0.527. The molecule has 4 aromatic rings. The molecule has 8 rings (SSSR count). The molecule has 5 atom stereocenters. The van der Waals surface area contributed by atoms with Crippen molar-refractivity contribution in [3.63, 3.8) is 0 Å². The van der Waals surface area contributed by atoms with Gasteiger partial charge in [-0.1, -0.05) is 64.6 Å². The van der Waals surface area contributed by atoms with E-state index in [1.807, 2.05) is 39.1 Å². The molecule has 0 saturated carbocycles. The van der Waals surface area contributed by atoms with Crippen LogP contribution >= 0.6 is 0 Å². The van der Waals surface area contributed by atoms with Gasteiger partial charge in [-0.15, -0.1) is 0 Å². The van der Waals surface area contributed by atoms with Gasteiger partial charge in [-0.25, -0.2) is 5.43 Å². The van der Waals surface area contributed by atoms with Crippen molar-refractivity contribution in [1.29, 1.82) is 0 Å². The van der Waals surface area contributed by atoms with E-state index >= 15 is 0 Å². The molecule has 2 N–H and O–H groups in total. The molecule has 374 valence electrons. The molecule has 0 aliphatic carbocycles. The first-order chi connectivity index (χ1) is 33.4. The molecule has 4 aliphatic heterocycles. The van der Waals surface area contributed by atoms with Crippen LogP contribution < -0.4 is 10.7 Å². The minimum atomic E-state index is -1.05. The van der Waals surface area contributed by atoms with E-state index in [1.165, 1.54) is 21.5 Å². The number of methoxy groups -OCH3 is 1. The van der Waals surface area contributed by atoms with Crippen molar-refractivity contribution < 1.29 is 33.4 Å². The Hall–Kier alpha value is -5.90. The molecule has 15 nitrogen and oxygen atoms in total. The summed E-state index contributed by atoms with van der Waals surface area (Å²) >= 11 is 0. The maximum Gasteiger partial charge on any atom is 0.324 e. The van der Waals surface area contributed by atoms with Crippen LogP contribution in [0.1, 0.15) is 95.2 Å². The monoisotopic (exact) mass is 957 g/mol. The summed E-state index contributed by atoms with van der Waals surface area (Å²) in [6, 6.07) is 14.3. The lowest BCUT2D eigenvalue weighted by molar-refractivity contribution is -0.155. The Morgan fingerprint density at radius 1 is 1.04 bits per heavy atom. The number of hydrogen-bond donors (Lipinski definition) is 2. The van der Waals surface area contributed by atoms with Crippen molar-refractivity contribution in [3.05, 3.63) is 89.8 Å². The van der Waals surface area contributed by atoms with E-state index in [2.05, 4.69) is 91.0 Å². The lowest BCUT2D eigenvalue weighted by atomic mass is 9.83. The van der Waals surface area contributed by atoms with Gasteiger partial charge in [0.05, 0.1) is 30.0 Å². The van der Waals surface area contributed by atoms with E-state index in [0.29, 0.717) is 51.2 Å². The molecule has 15 heteroatoms. The molecule has 1 unspecified atom stereocenters. The Morgan fingerprint density at radius 2 is 1.80 bits per heavy atom. The number of pyridine rings is 1. The smallest absolute Gasteiger partial charge is 0.324 e. The summed E-state index contributed by atoms with van der Waals surface area (Å²) in [4.78, 5) is 80.2. The number of esters is 1. The Balaban J connectivity index is 1.20. The van der Waals surface area contributed by atoms with Gasteiger partial charge >= 0.3 is 5.97 Å². The van der Waals surface area contributed by atoms with Crippen molar-refractivity contribution in [3.8, 4) is 22.4 Å². The fourth-order valence-electron chi connectivity index (χ4n) is 11.1. The summed E-state index contributed by atoms with van der Waals surface area (Å²) in [5, 5.41) is 5.61. The van der Waals surface area contributed by atoms with Gasteiger partial charge in [0, 0.05) is 93.8 Å². The van der Waals surface area contributed by atoms with E-state index < -0.39 is 47.2 Å². The van der Waals surface area contributed by atoms with E-state index in [1.54, 1.807) is 19.1 Å². The number of likely N-dealkylation sites (N-methyl/N-ethyl adjacent to an activating group) is 2. The number of carbonyl (C=O) groups is 5. The number of fused-ring (bicyclic) bond motifs is 6. The van der Waals surface area contributed by atoms with E-state index in [0.717, 1.165) is 63.2 Å². The number of hydrogen-bond acceptors (Lipinski definition) is 10. The van der Waals surface area contributed by atoms with Crippen molar-refractivity contribution in [2.75, 3.05) is 60.5 Å². The molecule has 6 bridgehead atoms. The second-order valence-corrected chi connectivity index (χ2v) is 21.1. The van der Waals surface area contributed by atoms with Crippen LogP contribution in [0.3, 0.4) is 0 Å². The van der Waals surface area contributed by atoms with Crippen LogP contribution in [-0.4, -0.2) is 138 Å². The molecule has 3 saturated heterocycles. The van der Waals surface area contributed by atoms with Crippen molar-refractivity contribution >= 4 is 40.5 Å². The van der Waals surface area contributed by atoms with Crippen LogP contribution in [0.15, 0.2) is 67.4 Å². The predicted octanol–water partition coefficient (Wildman–Crippen LogP) is 6.29. The summed E-state index contributed by atoms with van der Waals surface area (Å²) in [6.45, 7) is 19.6. The Kier molecular flexibility index (Phi) is 15.0. The minimum Gasteiger partial charge on any atom is -0.464 e. The number of nitrogens with zero attached hydrogens (tertiary/aromatic N) is 6. The first kappa shape index (κ1) is 50.5. The van der Waals surface area contributed by atoms with E-state index in [4.69, 9.17) is 14.5 Å². The SMILES string of the molecule is C=CC(=O)N1CCC(C(=O)N(C)[C@H](C(=O)N[C@H]2Cc3cccc(c3)-c3ccc4c(c3)c(c(-c3cc(C5CN(C)C5)cnc3[C@H](C)OC)n4CC)CC(C)(C)COC(=O)[C@@H]3CCCN(N3)C2=O)C(C)C)C1. The standard InChI is InChI=1S/C55H72N8O7/c1-11-47(64)61-22-20-38(31-61)52(66)60(9)49(33(3)4)51(65)57-45-24-35-15-13-16-36(23-35)37-18-19-46-41(25-37)43(27-55(6,7)32-70-54(68)44-17-14-21-63(58-44)53(45)67)50(62(46)12-2)42-26-39(40-29-59(8)30-40)28-56-48(42)34(5)69-10/h11,13,15-16,18-19,23,25-26,28,33-34,38,40,44-45,49,58H,1,12,14,17,20-22,24,27,29-32H2,2-10H3,(H,57,65)/t34-,38?,44-,45-,49-/m0/s1. The van der Waals surface area contributed by atoms with Crippen molar-refractivity contribution in [2.45, 2.75) is 110 Å². The third-order valence-electron chi connectivity index (χ3n) is 15.0. The maximum absolute atomic E-state index is 14.8. The summed E-state index contributed by atoms with van der Waals surface area (Å²) in [5.74, 6) is -2.17. The van der Waals surface area contributed by atoms with Crippen LogP contribution in [0.25, 0.3) is 33.3 Å². The zero-order valence-electron chi connectivity index (χ0n) is 42.5. The van der Waals surface area contributed by atoms with Gasteiger partial charge in [0.25, 0.3) is 5.91 Å². The highest BCUT2D eigenvalue weighted by molar-refractivity contribution is 5.96. The molecule has 0 radical (unpaired) electrons. The minimum absolute atomic E-state index is 0.136. The number of carbonyl (C=O) groups excluding carboxylic acids is 5. The largest absolute Gasteiger partial charge is 0.464 e. The Labute approximate surface area is 412 Å². The highest BCUT2D eigenvalue weighted by atomic mass is 16.5. The first-order valence-electron chi connectivity index (χ1n) is 25.1. The molecular formula is C55H72N8O7. The quantitative estimate of drug-likeness (QED) is 0.129. The zero-order chi connectivity index (χ0) is 50.2. The number of ether oxygens (including phenoxy) is 2. The molecule has 3 fully saturated rings. The fourth-order valence-corrected chi connectivity index (χ4v) is 11.1. The second-order valence-electron chi connectivity index (χ2n) is 21.1. The predicted molar refractivity (Wildman–Crippen MR) is 270 cm³/mol. The van der Waals surface area contributed by atoms with Gasteiger partial charge in [-0.2, -0.15) is 0 Å². The number of hydrazine groups is 1. The molecule has 2 aromatic carbocycles. The zero-order valence-corrected chi connectivity index (χ0v) is 42.5. The summed E-state index contributed by atoms with van der Waals surface area (Å²) < 4.78 is 14.6. The average molecular weight is 957 g/mol. The lowest BCUT2D eigenvalue weighted by Crippen LogP contribution is -2.62. The van der Waals surface area contributed by atoms with Gasteiger partial charge in [0.2, 0.25) is 17.7 Å². The van der Waals surface area contributed by atoms with Gasteiger partial charge in [0.1, 0.15) is 18.1 Å². The van der Waals surface area contributed by atoms with Crippen LogP contribution in [-0.2, 0) is 52.8 Å². The average Bonchev–Trinajstić information content (AvgIpc) is 3.96. The summed E-state index contributed by atoms with van der Waals surface area (Å²) in [7, 11) is 5.47. The number of likely N-dealkylation sites (tertiary alicyclic amines) is 2. The normalized spacial score (nSPS) is 22.0. The highest BCUT2D eigenvalue weighted by Crippen LogP contribution is 2.43. The van der Waals surface area contributed by atoms with E-state index in [9.17, 15) is 24.0 Å². The molecular weight excluding hydrogens is 885 g/mol. The first-order valence-corrected chi connectivity index (χ1v) is 25.1. The van der Waals surface area contributed by atoms with Gasteiger partial charge in [-0.05, 0) is 105 Å². The van der Waals surface area contributed by atoms with Crippen LogP contribution in [0.5, 0.6) is 0 Å². The van der Waals surface area contributed by atoms with E-state index in [-0.39, 0.29) is 43.4 Å². The number of amides is 4. The van der Waals surface area contributed by atoms with Crippen LogP contribution in [0.4, 0.5) is 0 Å². The second kappa shape index (κ2) is 20.8. The number of rotatable bonds is 11. The number of benzene rings is 2. The Morgan fingerprint density at radius 3 is 2.50 bits per heavy atom. The summed E-state index contributed by atoms with van der Waals surface area (Å²) in [6.07, 6.45) is 5.23. The third kappa shape index (κ3) is 10.3. The van der Waals surface area contributed by atoms with Gasteiger partial charge in [0.15, 0.2) is 0 Å². The number of cyclic esters (lactones) is 1. The lowest BCUT2D eigenvalue weighted by Gasteiger charge is -2.37. The van der Waals surface area contributed by atoms with Crippen LogP contribution in [0.2, 0.25) is 0 Å². The number of nitrogens with one attached hydrogen (secondary N) is 2. The summed E-state index contributed by atoms with van der Waals surface area (Å²) in [5.41, 5.74) is 11.8. The number of aromatic nitrogens is 2. The van der Waals surface area contributed by atoms with Gasteiger partial charge in [-0.3, -0.25) is 34.0 Å². The Bertz CT molecular complexity index is 2650. The van der Waals surface area contributed by atoms with Crippen molar-refractivity contribution in [2.24, 2.45) is 17.3 Å². The molecule has 0 spiro atoms. The molecule has 70 heavy (non-hydrogen) atoms. The number of aryl methyl sites for hydroxylation is 1. The molecule has 2 aromatic heterocycles. The highest BCUT2D eigenvalue weighted by Gasteiger charge is 2.40. The van der Waals surface area contributed by atoms with Crippen molar-refractivity contribution in [1.82, 2.24) is 40.0 Å². The van der Waals surface area contributed by atoms with Crippen LogP contribution in [0, 0.1) is 17.3 Å². The maximum atomic E-state index is 14.8. The molecule has 4 aliphatic rings.